The Morgan fingerprint density at radius 2 is 2.24 bits per heavy atom. The number of hydrogen-bond donors (Lipinski definition) is 0. The fourth-order valence-corrected chi connectivity index (χ4v) is 3.29. The SMILES string of the molecule is O=C(c1ccc2c(c1)CCO2)c1cc(Br)cs1. The van der Waals surface area contributed by atoms with E-state index >= 15 is 0 Å². The fraction of sp³-hybridized carbons (Fsp3) is 0.154. The standard InChI is InChI=1S/C13H9BrO2S/c14-10-6-12(17-7-10)13(15)9-1-2-11-8(5-9)3-4-16-11/h1-2,5-7H,3-4H2. The van der Waals surface area contributed by atoms with Gasteiger partial charge in [0.05, 0.1) is 11.5 Å². The summed E-state index contributed by atoms with van der Waals surface area (Å²) in [5.41, 5.74) is 1.87. The van der Waals surface area contributed by atoms with Crippen LogP contribution in [-0.2, 0) is 6.42 Å². The maximum Gasteiger partial charge on any atom is 0.202 e. The molecule has 0 unspecified atom stereocenters. The minimum atomic E-state index is 0.0791. The maximum atomic E-state index is 12.2. The molecule has 0 atom stereocenters. The summed E-state index contributed by atoms with van der Waals surface area (Å²) in [5, 5.41) is 1.92. The summed E-state index contributed by atoms with van der Waals surface area (Å²) in [6.07, 6.45) is 0.893. The summed E-state index contributed by atoms with van der Waals surface area (Å²) in [6, 6.07) is 7.52. The van der Waals surface area contributed by atoms with E-state index in [-0.39, 0.29) is 5.78 Å². The highest BCUT2D eigenvalue weighted by Gasteiger charge is 2.16. The third-order valence-electron chi connectivity index (χ3n) is 2.74. The number of fused-ring (bicyclic) bond motifs is 1. The summed E-state index contributed by atoms with van der Waals surface area (Å²) < 4.78 is 6.38. The number of hydrogen-bond acceptors (Lipinski definition) is 3. The average Bonchev–Trinajstić information content (AvgIpc) is 2.95. The van der Waals surface area contributed by atoms with Gasteiger partial charge in [0.15, 0.2) is 0 Å². The van der Waals surface area contributed by atoms with E-state index in [1.165, 1.54) is 11.3 Å². The number of carbonyl (C=O) groups excluding carboxylic acids is 1. The van der Waals surface area contributed by atoms with Crippen LogP contribution in [0.1, 0.15) is 20.8 Å². The van der Waals surface area contributed by atoms with Gasteiger partial charge in [-0.25, -0.2) is 0 Å². The van der Waals surface area contributed by atoms with Crippen molar-refractivity contribution in [2.24, 2.45) is 0 Å². The molecule has 0 N–H and O–H groups in total. The van der Waals surface area contributed by atoms with Crippen LogP contribution >= 0.6 is 27.3 Å². The number of thiophene rings is 1. The lowest BCUT2D eigenvalue weighted by Crippen LogP contribution is -1.98. The first-order chi connectivity index (χ1) is 8.24. The van der Waals surface area contributed by atoms with Crippen LogP contribution in [0.25, 0.3) is 0 Å². The van der Waals surface area contributed by atoms with Crippen LogP contribution in [-0.4, -0.2) is 12.4 Å². The van der Waals surface area contributed by atoms with E-state index in [4.69, 9.17) is 4.74 Å². The predicted molar refractivity (Wildman–Crippen MR) is 71.1 cm³/mol. The summed E-state index contributed by atoms with van der Waals surface area (Å²) in [4.78, 5) is 13.0. The Bertz CT molecular complexity index is 589. The number of carbonyl (C=O) groups is 1. The number of ether oxygens (including phenoxy) is 1. The molecule has 0 fully saturated rings. The monoisotopic (exact) mass is 308 g/mol. The number of ketones is 1. The molecule has 4 heteroatoms. The van der Waals surface area contributed by atoms with Crippen LogP contribution in [0.15, 0.2) is 34.1 Å². The molecule has 17 heavy (non-hydrogen) atoms. The average molecular weight is 309 g/mol. The number of halogens is 1. The van der Waals surface area contributed by atoms with Crippen molar-refractivity contribution in [3.63, 3.8) is 0 Å². The molecule has 1 aliphatic heterocycles. The molecule has 1 aromatic carbocycles. The summed E-state index contributed by atoms with van der Waals surface area (Å²) in [6.45, 7) is 0.720. The fourth-order valence-electron chi connectivity index (χ4n) is 1.90. The first kappa shape index (κ1) is 11.0. The van der Waals surface area contributed by atoms with Crippen LogP contribution < -0.4 is 4.74 Å². The minimum absolute atomic E-state index is 0.0791. The Morgan fingerprint density at radius 1 is 1.35 bits per heavy atom. The lowest BCUT2D eigenvalue weighted by Gasteiger charge is -2.01. The second-order valence-corrected chi connectivity index (χ2v) is 5.71. The highest BCUT2D eigenvalue weighted by Crippen LogP contribution is 2.28. The van der Waals surface area contributed by atoms with E-state index in [1.54, 1.807) is 0 Å². The normalized spacial score (nSPS) is 13.2. The Labute approximate surface area is 111 Å². The molecule has 0 amide bonds. The maximum absolute atomic E-state index is 12.2. The molecule has 0 aliphatic carbocycles. The molecule has 3 rings (SSSR count). The van der Waals surface area contributed by atoms with Crippen molar-refractivity contribution in [3.05, 3.63) is 50.1 Å². The molecule has 0 bridgehead atoms. The molecule has 1 aliphatic rings. The summed E-state index contributed by atoms with van der Waals surface area (Å²) >= 11 is 4.82. The first-order valence-electron chi connectivity index (χ1n) is 5.28. The molecule has 1 aromatic heterocycles. The van der Waals surface area contributed by atoms with E-state index in [9.17, 15) is 4.79 Å². The van der Waals surface area contributed by atoms with Crippen molar-refractivity contribution in [1.82, 2.24) is 0 Å². The molecule has 0 saturated heterocycles. The molecule has 0 saturated carbocycles. The first-order valence-corrected chi connectivity index (χ1v) is 6.96. The lowest BCUT2D eigenvalue weighted by molar-refractivity contribution is 0.104. The smallest absolute Gasteiger partial charge is 0.202 e. The van der Waals surface area contributed by atoms with Gasteiger partial charge in [0.25, 0.3) is 0 Å². The van der Waals surface area contributed by atoms with Crippen molar-refractivity contribution in [3.8, 4) is 5.75 Å². The van der Waals surface area contributed by atoms with Gasteiger partial charge in [0.1, 0.15) is 5.75 Å². The summed E-state index contributed by atoms with van der Waals surface area (Å²) in [7, 11) is 0. The zero-order valence-corrected chi connectivity index (χ0v) is 11.3. The number of benzene rings is 1. The van der Waals surface area contributed by atoms with Crippen LogP contribution in [0.5, 0.6) is 5.75 Å². The Kier molecular flexibility index (Phi) is 2.76. The number of rotatable bonds is 2. The van der Waals surface area contributed by atoms with E-state index in [2.05, 4.69) is 15.9 Å². The molecule has 0 spiro atoms. The van der Waals surface area contributed by atoms with Crippen LogP contribution in [0, 0.1) is 0 Å². The van der Waals surface area contributed by atoms with Gasteiger partial charge in [-0.05, 0) is 45.8 Å². The second kappa shape index (κ2) is 4.27. The van der Waals surface area contributed by atoms with Gasteiger partial charge in [-0.15, -0.1) is 11.3 Å². The molecule has 2 nitrogen and oxygen atoms in total. The summed E-state index contributed by atoms with van der Waals surface area (Å²) in [5.74, 6) is 0.990. The third kappa shape index (κ3) is 2.03. The van der Waals surface area contributed by atoms with Gasteiger partial charge < -0.3 is 4.74 Å². The van der Waals surface area contributed by atoms with E-state index < -0.39 is 0 Å². The van der Waals surface area contributed by atoms with Gasteiger partial charge in [-0.3, -0.25) is 4.79 Å². The van der Waals surface area contributed by atoms with Gasteiger partial charge in [-0.1, -0.05) is 0 Å². The third-order valence-corrected chi connectivity index (χ3v) is 4.43. The molecule has 2 heterocycles. The van der Waals surface area contributed by atoms with Crippen molar-refractivity contribution in [2.45, 2.75) is 6.42 Å². The van der Waals surface area contributed by atoms with E-state index in [0.29, 0.717) is 0 Å². The van der Waals surface area contributed by atoms with E-state index in [0.717, 1.165) is 39.3 Å². The molecule has 2 aromatic rings. The largest absolute Gasteiger partial charge is 0.493 e. The molecular weight excluding hydrogens is 300 g/mol. The van der Waals surface area contributed by atoms with Gasteiger partial charge >= 0.3 is 0 Å². The van der Waals surface area contributed by atoms with Crippen molar-refractivity contribution < 1.29 is 9.53 Å². The van der Waals surface area contributed by atoms with Gasteiger partial charge in [0, 0.05) is 21.8 Å². The lowest BCUT2D eigenvalue weighted by atomic mass is 10.0. The van der Waals surface area contributed by atoms with Crippen LogP contribution in [0.3, 0.4) is 0 Å². The highest BCUT2D eigenvalue weighted by molar-refractivity contribution is 9.10. The van der Waals surface area contributed by atoms with Crippen molar-refractivity contribution >= 4 is 33.0 Å². The molecule has 0 radical (unpaired) electrons. The van der Waals surface area contributed by atoms with E-state index in [1.807, 2.05) is 29.6 Å². The second-order valence-electron chi connectivity index (χ2n) is 3.88. The van der Waals surface area contributed by atoms with Gasteiger partial charge in [0.2, 0.25) is 5.78 Å². The molecule has 86 valence electrons. The van der Waals surface area contributed by atoms with Crippen LogP contribution in [0.2, 0.25) is 0 Å². The Balaban J connectivity index is 1.97. The van der Waals surface area contributed by atoms with Crippen molar-refractivity contribution in [1.29, 1.82) is 0 Å². The van der Waals surface area contributed by atoms with Crippen molar-refractivity contribution in [2.75, 3.05) is 6.61 Å². The Hall–Kier alpha value is -1.13. The highest BCUT2D eigenvalue weighted by atomic mass is 79.9. The molecular formula is C13H9BrO2S. The quantitative estimate of drug-likeness (QED) is 0.791. The zero-order valence-electron chi connectivity index (χ0n) is 8.90. The topological polar surface area (TPSA) is 26.3 Å². The predicted octanol–water partition coefficient (Wildman–Crippen LogP) is 3.68. The minimum Gasteiger partial charge on any atom is -0.493 e. The Morgan fingerprint density at radius 3 is 3.00 bits per heavy atom. The van der Waals surface area contributed by atoms with Crippen LogP contribution in [0.4, 0.5) is 0 Å². The zero-order chi connectivity index (χ0) is 11.8. The van der Waals surface area contributed by atoms with Gasteiger partial charge in [-0.2, -0.15) is 0 Å².